The molecule has 5 nitrogen and oxygen atoms in total. The van der Waals surface area contributed by atoms with Crippen LogP contribution in [0.5, 0.6) is 0 Å². The van der Waals surface area contributed by atoms with Gasteiger partial charge >= 0.3 is 0 Å². The fraction of sp³-hybridized carbons (Fsp3) is 0.400. The highest BCUT2D eigenvalue weighted by molar-refractivity contribution is 7.89. The van der Waals surface area contributed by atoms with Gasteiger partial charge < -0.3 is 10.8 Å². The second-order valence-electron chi connectivity index (χ2n) is 4.34. The molecule has 96 valence electrons. The molecule has 0 aliphatic carbocycles. The molecule has 0 aliphatic rings. The summed E-state index contributed by atoms with van der Waals surface area (Å²) in [6.45, 7) is 2.57. The van der Waals surface area contributed by atoms with Crippen LogP contribution < -0.4 is 10.5 Å². The number of nitrogens with two attached hydrogens (primary N) is 1. The third kappa shape index (κ3) is 3.39. The minimum atomic E-state index is -4.02. The molecule has 1 aromatic carbocycles. The molecule has 1 rings (SSSR count). The van der Waals surface area contributed by atoms with Gasteiger partial charge in [-0.25, -0.2) is 17.5 Å². The Bertz CT molecular complexity index is 514. The number of nitrogens with one attached hydrogen (secondary N) is 1. The normalized spacial score (nSPS) is 12.7. The summed E-state index contributed by atoms with van der Waals surface area (Å²) in [5.74, 6) is -0.925. The van der Waals surface area contributed by atoms with Crippen LogP contribution in [0.4, 0.5) is 10.1 Å². The molecule has 0 radical (unpaired) electrons. The predicted octanol–water partition coefficient (Wildman–Crippen LogP) is 0.457. The molecule has 0 bridgehead atoms. The topological polar surface area (TPSA) is 92.4 Å². The van der Waals surface area contributed by atoms with Gasteiger partial charge in [-0.3, -0.25) is 0 Å². The minimum Gasteiger partial charge on any atom is -0.399 e. The Hall–Kier alpha value is -1.18. The van der Waals surface area contributed by atoms with Crippen LogP contribution in [-0.4, -0.2) is 25.7 Å². The van der Waals surface area contributed by atoms with Crippen molar-refractivity contribution >= 4 is 15.7 Å². The molecule has 0 heterocycles. The summed E-state index contributed by atoms with van der Waals surface area (Å²) < 4.78 is 39.3. The standard InChI is InChI=1S/C10H15FN2O3S/c1-10(2,6-14)13-17(15,16)9-4-3-7(12)5-8(9)11/h3-5,13-14H,6,12H2,1-2H3. The van der Waals surface area contributed by atoms with Gasteiger partial charge in [0.25, 0.3) is 0 Å². The number of nitrogen functional groups attached to an aromatic ring is 1. The van der Waals surface area contributed by atoms with E-state index in [1.165, 1.54) is 19.9 Å². The molecular formula is C10H15FN2O3S. The highest BCUT2D eigenvalue weighted by Crippen LogP contribution is 2.18. The fourth-order valence-corrected chi connectivity index (χ4v) is 2.65. The molecular weight excluding hydrogens is 247 g/mol. The number of halogens is 1. The van der Waals surface area contributed by atoms with Gasteiger partial charge in [0.05, 0.1) is 12.1 Å². The van der Waals surface area contributed by atoms with Crippen molar-refractivity contribution in [1.82, 2.24) is 4.72 Å². The third-order valence-electron chi connectivity index (χ3n) is 2.05. The van der Waals surface area contributed by atoms with Gasteiger partial charge in [-0.2, -0.15) is 0 Å². The molecule has 1 aromatic rings. The van der Waals surface area contributed by atoms with Crippen LogP contribution in [0.25, 0.3) is 0 Å². The van der Waals surface area contributed by atoms with E-state index in [1.54, 1.807) is 0 Å². The molecule has 0 spiro atoms. The van der Waals surface area contributed by atoms with E-state index >= 15 is 0 Å². The number of aliphatic hydroxyl groups excluding tert-OH is 1. The van der Waals surface area contributed by atoms with Crippen molar-refractivity contribution in [3.63, 3.8) is 0 Å². The summed E-state index contributed by atoms with van der Waals surface area (Å²) in [7, 11) is -4.02. The van der Waals surface area contributed by atoms with Crippen LogP contribution in [0.2, 0.25) is 0 Å². The van der Waals surface area contributed by atoms with E-state index in [9.17, 15) is 12.8 Å². The maximum Gasteiger partial charge on any atom is 0.244 e. The van der Waals surface area contributed by atoms with Crippen molar-refractivity contribution in [3.05, 3.63) is 24.0 Å². The molecule has 17 heavy (non-hydrogen) atoms. The van der Waals surface area contributed by atoms with E-state index in [0.29, 0.717) is 0 Å². The first kappa shape index (κ1) is 13.9. The second-order valence-corrected chi connectivity index (χ2v) is 5.99. The van der Waals surface area contributed by atoms with Gasteiger partial charge in [0.2, 0.25) is 10.0 Å². The Kier molecular flexibility index (Phi) is 3.75. The number of anilines is 1. The number of hydrogen-bond donors (Lipinski definition) is 3. The molecule has 0 aliphatic heterocycles. The van der Waals surface area contributed by atoms with Crippen molar-refractivity contribution < 1.29 is 17.9 Å². The van der Waals surface area contributed by atoms with Gasteiger partial charge in [-0.1, -0.05) is 0 Å². The Morgan fingerprint density at radius 1 is 1.47 bits per heavy atom. The van der Waals surface area contributed by atoms with Gasteiger partial charge in [0.15, 0.2) is 0 Å². The maximum atomic E-state index is 13.5. The van der Waals surface area contributed by atoms with Crippen LogP contribution in [0, 0.1) is 5.82 Å². The predicted molar refractivity (Wildman–Crippen MR) is 62.3 cm³/mol. The Labute approximate surface area is 99.5 Å². The van der Waals surface area contributed by atoms with Gasteiger partial charge in [0.1, 0.15) is 10.7 Å². The average Bonchev–Trinajstić information content (AvgIpc) is 2.15. The molecule has 0 saturated carbocycles. The number of benzene rings is 1. The first-order valence-electron chi connectivity index (χ1n) is 4.88. The van der Waals surface area contributed by atoms with Crippen molar-refractivity contribution in [2.75, 3.05) is 12.3 Å². The third-order valence-corrected chi connectivity index (χ3v) is 3.78. The molecule has 4 N–H and O–H groups in total. The van der Waals surface area contributed by atoms with E-state index in [1.807, 2.05) is 0 Å². The van der Waals surface area contributed by atoms with Crippen LogP contribution in [0.1, 0.15) is 13.8 Å². The van der Waals surface area contributed by atoms with Crippen molar-refractivity contribution in [3.8, 4) is 0 Å². The lowest BCUT2D eigenvalue weighted by atomic mass is 10.1. The van der Waals surface area contributed by atoms with Crippen LogP contribution in [0.3, 0.4) is 0 Å². The maximum absolute atomic E-state index is 13.5. The zero-order valence-corrected chi connectivity index (χ0v) is 10.4. The SMILES string of the molecule is CC(C)(CO)NS(=O)(=O)c1ccc(N)cc1F. The number of rotatable bonds is 4. The summed E-state index contributed by atoms with van der Waals surface area (Å²) in [5.41, 5.74) is 4.41. The number of sulfonamides is 1. The first-order chi connectivity index (χ1) is 7.68. The quantitative estimate of drug-likeness (QED) is 0.687. The zero-order valence-electron chi connectivity index (χ0n) is 9.57. The molecule has 0 unspecified atom stereocenters. The largest absolute Gasteiger partial charge is 0.399 e. The molecule has 0 fully saturated rings. The summed E-state index contributed by atoms with van der Waals surface area (Å²) in [5, 5.41) is 8.98. The molecule has 0 atom stereocenters. The molecule has 0 aromatic heterocycles. The van der Waals surface area contributed by atoms with E-state index in [-0.39, 0.29) is 5.69 Å². The first-order valence-corrected chi connectivity index (χ1v) is 6.36. The highest BCUT2D eigenvalue weighted by Gasteiger charge is 2.27. The van der Waals surface area contributed by atoms with Crippen molar-refractivity contribution in [2.24, 2.45) is 0 Å². The zero-order chi connectivity index (χ0) is 13.3. The molecule has 0 saturated heterocycles. The van der Waals surface area contributed by atoms with Crippen LogP contribution in [0.15, 0.2) is 23.1 Å². The van der Waals surface area contributed by atoms with E-state index in [2.05, 4.69) is 4.72 Å². The van der Waals surface area contributed by atoms with Crippen LogP contribution in [-0.2, 0) is 10.0 Å². The number of aliphatic hydroxyl groups is 1. The van der Waals surface area contributed by atoms with E-state index in [4.69, 9.17) is 10.8 Å². The summed E-state index contributed by atoms with van der Waals surface area (Å²) in [6, 6.07) is 3.31. The van der Waals surface area contributed by atoms with Gasteiger partial charge in [-0.05, 0) is 32.0 Å². The Balaban J connectivity index is 3.14. The van der Waals surface area contributed by atoms with Gasteiger partial charge in [-0.15, -0.1) is 0 Å². The summed E-state index contributed by atoms with van der Waals surface area (Å²) >= 11 is 0. The van der Waals surface area contributed by atoms with Crippen molar-refractivity contribution in [2.45, 2.75) is 24.3 Å². The van der Waals surface area contributed by atoms with E-state index in [0.717, 1.165) is 12.1 Å². The highest BCUT2D eigenvalue weighted by atomic mass is 32.2. The Morgan fingerprint density at radius 2 is 2.06 bits per heavy atom. The van der Waals surface area contributed by atoms with Gasteiger partial charge in [0, 0.05) is 5.69 Å². The smallest absolute Gasteiger partial charge is 0.244 e. The lowest BCUT2D eigenvalue weighted by Gasteiger charge is -2.23. The fourth-order valence-electron chi connectivity index (χ4n) is 1.19. The Morgan fingerprint density at radius 3 is 2.53 bits per heavy atom. The summed E-state index contributed by atoms with van der Waals surface area (Å²) in [6.07, 6.45) is 0. The summed E-state index contributed by atoms with van der Waals surface area (Å²) in [4.78, 5) is -0.492. The lowest BCUT2D eigenvalue weighted by molar-refractivity contribution is 0.208. The molecule has 0 amide bonds. The van der Waals surface area contributed by atoms with E-state index < -0.39 is 32.9 Å². The van der Waals surface area contributed by atoms with Crippen LogP contribution >= 0.6 is 0 Å². The lowest BCUT2D eigenvalue weighted by Crippen LogP contribution is -2.46. The second kappa shape index (κ2) is 4.59. The minimum absolute atomic E-state index is 0.142. The monoisotopic (exact) mass is 262 g/mol. The van der Waals surface area contributed by atoms with Crippen molar-refractivity contribution in [1.29, 1.82) is 0 Å². The number of hydrogen-bond acceptors (Lipinski definition) is 4. The molecule has 7 heteroatoms. The average molecular weight is 262 g/mol.